The second-order valence-electron chi connectivity index (χ2n) is 4.28. The van der Waals surface area contributed by atoms with Crippen molar-refractivity contribution in [3.8, 4) is 17.6 Å². The van der Waals surface area contributed by atoms with Gasteiger partial charge in [0.05, 0.1) is 26.2 Å². The van der Waals surface area contributed by atoms with E-state index in [1.807, 2.05) is 18.2 Å². The Morgan fingerprint density at radius 3 is 2.83 bits per heavy atom. The van der Waals surface area contributed by atoms with E-state index in [9.17, 15) is 5.26 Å². The van der Waals surface area contributed by atoms with Crippen LogP contribution in [0.5, 0.6) is 11.5 Å². The summed E-state index contributed by atoms with van der Waals surface area (Å²) in [5.41, 5.74) is 0.921. The maximum atomic E-state index is 9.19. The van der Waals surface area contributed by atoms with Crippen molar-refractivity contribution in [3.05, 3.63) is 23.8 Å². The molecule has 0 amide bonds. The van der Waals surface area contributed by atoms with Gasteiger partial charge in [0, 0.05) is 18.2 Å². The molecule has 0 bridgehead atoms. The van der Waals surface area contributed by atoms with Crippen LogP contribution in [0.15, 0.2) is 18.2 Å². The van der Waals surface area contributed by atoms with Crippen LogP contribution in [-0.4, -0.2) is 20.8 Å². The molecule has 1 saturated heterocycles. The first-order valence-corrected chi connectivity index (χ1v) is 6.03. The SMILES string of the molecule is COc1ccc(C2OCCCC2C#N)c(OC)c1. The van der Waals surface area contributed by atoms with E-state index in [2.05, 4.69) is 6.07 Å². The van der Waals surface area contributed by atoms with Gasteiger partial charge in [0.2, 0.25) is 0 Å². The van der Waals surface area contributed by atoms with Crippen LogP contribution in [0.3, 0.4) is 0 Å². The first-order valence-electron chi connectivity index (χ1n) is 6.03. The molecule has 4 heteroatoms. The highest BCUT2D eigenvalue weighted by Crippen LogP contribution is 2.39. The van der Waals surface area contributed by atoms with Crippen molar-refractivity contribution < 1.29 is 14.2 Å². The predicted molar refractivity (Wildman–Crippen MR) is 66.6 cm³/mol. The van der Waals surface area contributed by atoms with Crippen molar-refractivity contribution in [3.63, 3.8) is 0 Å². The quantitative estimate of drug-likeness (QED) is 0.824. The van der Waals surface area contributed by atoms with E-state index in [1.54, 1.807) is 14.2 Å². The molecule has 0 spiro atoms. The van der Waals surface area contributed by atoms with Crippen molar-refractivity contribution in [2.24, 2.45) is 5.92 Å². The summed E-state index contributed by atoms with van der Waals surface area (Å²) in [5, 5.41) is 9.19. The van der Waals surface area contributed by atoms with Crippen molar-refractivity contribution in [2.75, 3.05) is 20.8 Å². The second-order valence-corrected chi connectivity index (χ2v) is 4.28. The number of hydrogen-bond acceptors (Lipinski definition) is 4. The van der Waals surface area contributed by atoms with Gasteiger partial charge in [-0.3, -0.25) is 0 Å². The molecule has 1 heterocycles. The lowest BCUT2D eigenvalue weighted by Gasteiger charge is -2.28. The van der Waals surface area contributed by atoms with Crippen LogP contribution in [0.25, 0.3) is 0 Å². The topological polar surface area (TPSA) is 51.5 Å². The number of methoxy groups -OCH3 is 2. The van der Waals surface area contributed by atoms with Crippen LogP contribution in [0.1, 0.15) is 24.5 Å². The number of hydrogen-bond donors (Lipinski definition) is 0. The van der Waals surface area contributed by atoms with E-state index in [1.165, 1.54) is 0 Å². The summed E-state index contributed by atoms with van der Waals surface area (Å²) >= 11 is 0. The summed E-state index contributed by atoms with van der Waals surface area (Å²) < 4.78 is 16.3. The van der Waals surface area contributed by atoms with Crippen molar-refractivity contribution in [1.29, 1.82) is 5.26 Å². The first-order chi connectivity index (χ1) is 8.80. The summed E-state index contributed by atoms with van der Waals surface area (Å²) in [6.45, 7) is 0.692. The molecule has 2 rings (SSSR count). The zero-order valence-electron chi connectivity index (χ0n) is 10.7. The Bertz CT molecular complexity index is 453. The van der Waals surface area contributed by atoms with Crippen molar-refractivity contribution in [2.45, 2.75) is 18.9 Å². The fourth-order valence-electron chi connectivity index (χ4n) is 2.27. The van der Waals surface area contributed by atoms with Gasteiger partial charge in [-0.25, -0.2) is 0 Å². The van der Waals surface area contributed by atoms with Gasteiger partial charge in [-0.1, -0.05) is 0 Å². The Hall–Kier alpha value is -1.73. The molecule has 0 aliphatic carbocycles. The Balaban J connectivity index is 2.34. The average molecular weight is 247 g/mol. The molecule has 18 heavy (non-hydrogen) atoms. The third kappa shape index (κ3) is 2.41. The van der Waals surface area contributed by atoms with E-state index < -0.39 is 0 Å². The number of nitrogens with zero attached hydrogens (tertiary/aromatic N) is 1. The van der Waals surface area contributed by atoms with Gasteiger partial charge in [0.15, 0.2) is 0 Å². The van der Waals surface area contributed by atoms with Gasteiger partial charge < -0.3 is 14.2 Å². The molecule has 2 atom stereocenters. The summed E-state index contributed by atoms with van der Waals surface area (Å²) in [6.07, 6.45) is 1.61. The highest BCUT2D eigenvalue weighted by atomic mass is 16.5. The van der Waals surface area contributed by atoms with Crippen LogP contribution in [-0.2, 0) is 4.74 Å². The van der Waals surface area contributed by atoms with Crippen LogP contribution >= 0.6 is 0 Å². The van der Waals surface area contributed by atoms with E-state index in [-0.39, 0.29) is 12.0 Å². The largest absolute Gasteiger partial charge is 0.497 e. The Morgan fingerprint density at radius 2 is 2.17 bits per heavy atom. The van der Waals surface area contributed by atoms with E-state index >= 15 is 0 Å². The third-order valence-electron chi connectivity index (χ3n) is 3.24. The lowest BCUT2D eigenvalue weighted by molar-refractivity contribution is -0.0114. The van der Waals surface area contributed by atoms with Gasteiger partial charge in [0.1, 0.15) is 17.6 Å². The number of ether oxygens (including phenoxy) is 3. The molecule has 0 radical (unpaired) electrons. The zero-order valence-corrected chi connectivity index (χ0v) is 10.7. The van der Waals surface area contributed by atoms with Gasteiger partial charge in [-0.15, -0.1) is 0 Å². The molecule has 1 aromatic rings. The van der Waals surface area contributed by atoms with Gasteiger partial charge in [0.25, 0.3) is 0 Å². The molecule has 1 aliphatic heterocycles. The standard InChI is InChI=1S/C14H17NO3/c1-16-11-5-6-12(13(8-11)17-2)14-10(9-15)4-3-7-18-14/h5-6,8,10,14H,3-4,7H2,1-2H3. The number of nitriles is 1. The summed E-state index contributed by atoms with van der Waals surface area (Å²) in [4.78, 5) is 0. The third-order valence-corrected chi connectivity index (χ3v) is 3.24. The van der Waals surface area contributed by atoms with Crippen molar-refractivity contribution >= 4 is 0 Å². The highest BCUT2D eigenvalue weighted by Gasteiger charge is 2.29. The van der Waals surface area contributed by atoms with E-state index in [4.69, 9.17) is 14.2 Å². The highest BCUT2D eigenvalue weighted by molar-refractivity contribution is 5.42. The zero-order chi connectivity index (χ0) is 13.0. The van der Waals surface area contributed by atoms with E-state index in [0.29, 0.717) is 12.4 Å². The number of rotatable bonds is 3. The molecule has 0 aromatic heterocycles. The minimum Gasteiger partial charge on any atom is -0.497 e. The predicted octanol–water partition coefficient (Wildman–Crippen LogP) is 2.70. The molecule has 1 aromatic carbocycles. The Labute approximate surface area is 107 Å². The minimum atomic E-state index is -0.204. The molecular weight excluding hydrogens is 230 g/mol. The lowest BCUT2D eigenvalue weighted by Crippen LogP contribution is -2.21. The lowest BCUT2D eigenvalue weighted by atomic mass is 9.90. The summed E-state index contributed by atoms with van der Waals surface area (Å²) in [5.74, 6) is 1.34. The first kappa shape index (κ1) is 12.7. The van der Waals surface area contributed by atoms with Crippen LogP contribution in [0.4, 0.5) is 0 Å². The van der Waals surface area contributed by atoms with Gasteiger partial charge in [-0.2, -0.15) is 5.26 Å². The summed E-state index contributed by atoms with van der Waals surface area (Å²) in [6, 6.07) is 7.92. The average Bonchev–Trinajstić information content (AvgIpc) is 2.46. The van der Waals surface area contributed by atoms with Gasteiger partial charge in [-0.05, 0) is 25.0 Å². The fourth-order valence-corrected chi connectivity index (χ4v) is 2.27. The van der Waals surface area contributed by atoms with Crippen LogP contribution in [0.2, 0.25) is 0 Å². The van der Waals surface area contributed by atoms with Crippen molar-refractivity contribution in [1.82, 2.24) is 0 Å². The molecule has 1 aliphatic rings. The molecule has 4 nitrogen and oxygen atoms in total. The molecule has 0 N–H and O–H groups in total. The maximum Gasteiger partial charge on any atom is 0.128 e. The van der Waals surface area contributed by atoms with E-state index in [0.717, 1.165) is 24.2 Å². The van der Waals surface area contributed by atoms with Crippen LogP contribution in [0, 0.1) is 17.2 Å². The smallest absolute Gasteiger partial charge is 0.128 e. The monoisotopic (exact) mass is 247 g/mol. The Morgan fingerprint density at radius 1 is 1.33 bits per heavy atom. The maximum absolute atomic E-state index is 9.19. The van der Waals surface area contributed by atoms with Gasteiger partial charge >= 0.3 is 0 Å². The molecule has 96 valence electrons. The second kappa shape index (κ2) is 5.74. The normalized spacial score (nSPS) is 23.2. The Kier molecular flexibility index (Phi) is 4.06. The molecule has 2 unspecified atom stereocenters. The summed E-state index contributed by atoms with van der Waals surface area (Å²) in [7, 11) is 3.23. The number of benzene rings is 1. The molecule has 1 fully saturated rings. The fraction of sp³-hybridized carbons (Fsp3) is 0.500. The molecular formula is C14H17NO3. The van der Waals surface area contributed by atoms with Crippen LogP contribution < -0.4 is 9.47 Å². The molecule has 0 saturated carbocycles. The minimum absolute atomic E-state index is 0.110.